The second-order valence-electron chi connectivity index (χ2n) is 10.0. The van der Waals surface area contributed by atoms with E-state index in [1.165, 1.54) is 18.9 Å². The molecule has 2 amide bonds. The van der Waals surface area contributed by atoms with Crippen molar-refractivity contribution < 1.29 is 14.0 Å². The Balaban J connectivity index is 1.26. The molecule has 4 nitrogen and oxygen atoms in total. The summed E-state index contributed by atoms with van der Waals surface area (Å²) in [6, 6.07) is 4.87. The molecule has 27 heavy (non-hydrogen) atoms. The molecule has 2 saturated heterocycles. The first kappa shape index (κ1) is 17.2. The van der Waals surface area contributed by atoms with Crippen molar-refractivity contribution in [3.05, 3.63) is 35.1 Å². The van der Waals surface area contributed by atoms with Crippen molar-refractivity contribution in [2.75, 3.05) is 13.1 Å². The predicted molar refractivity (Wildman–Crippen MR) is 99.6 cm³/mol. The van der Waals surface area contributed by atoms with Crippen molar-refractivity contribution >= 4 is 11.8 Å². The molecule has 5 heteroatoms. The van der Waals surface area contributed by atoms with Crippen LogP contribution in [0.1, 0.15) is 55.5 Å². The Morgan fingerprint density at radius 1 is 1.11 bits per heavy atom. The van der Waals surface area contributed by atoms with E-state index in [2.05, 4.69) is 13.8 Å². The number of amides is 2. The fourth-order valence-corrected chi connectivity index (χ4v) is 6.32. The van der Waals surface area contributed by atoms with Gasteiger partial charge in [-0.25, -0.2) is 4.39 Å². The zero-order valence-electron chi connectivity index (χ0n) is 16.3. The van der Waals surface area contributed by atoms with Crippen molar-refractivity contribution in [3.63, 3.8) is 0 Å². The molecular weight excluding hydrogens is 343 g/mol. The monoisotopic (exact) mass is 370 g/mol. The lowest BCUT2D eigenvalue weighted by Crippen LogP contribution is -2.51. The van der Waals surface area contributed by atoms with E-state index in [1.807, 2.05) is 9.80 Å². The number of likely N-dealkylation sites (tertiary alicyclic amines) is 2. The number of carbonyl (C=O) groups is 2. The van der Waals surface area contributed by atoms with Crippen LogP contribution in [0.15, 0.2) is 18.2 Å². The number of fused-ring (bicyclic) bond motifs is 2. The third kappa shape index (κ3) is 2.46. The van der Waals surface area contributed by atoms with E-state index < -0.39 is 0 Å². The van der Waals surface area contributed by atoms with E-state index in [4.69, 9.17) is 0 Å². The highest BCUT2D eigenvalue weighted by molar-refractivity contribution is 5.96. The van der Waals surface area contributed by atoms with Gasteiger partial charge >= 0.3 is 0 Å². The Hall–Kier alpha value is -1.91. The van der Waals surface area contributed by atoms with Crippen LogP contribution in [0.2, 0.25) is 0 Å². The number of rotatable bonds is 2. The molecular formula is C22H27FN2O2. The minimum Gasteiger partial charge on any atom is -0.336 e. The standard InChI is InChI=1S/C22H27FN2O2/c1-13-16(5-4-6-18(13)23)19(26)24-9-15-7-14(24)10-25(15)20(27)17-8-22(17)11-21(2,3)12-22/h4-6,14-15,17H,7-12H2,1-3H3/t14-,15-,17?/m0/s1. The summed E-state index contributed by atoms with van der Waals surface area (Å²) in [7, 11) is 0. The SMILES string of the molecule is Cc1c(F)cccc1C(=O)N1C[C@@H]2C[C@H]1CN2C(=O)C1CC12CC(C)(C)C2. The zero-order chi connectivity index (χ0) is 19.1. The van der Waals surface area contributed by atoms with Crippen LogP contribution in [-0.4, -0.2) is 46.8 Å². The zero-order valence-corrected chi connectivity index (χ0v) is 16.3. The third-order valence-corrected chi connectivity index (χ3v) is 7.43. The topological polar surface area (TPSA) is 40.6 Å². The fourth-order valence-electron chi connectivity index (χ4n) is 6.32. The van der Waals surface area contributed by atoms with Crippen LogP contribution in [0, 0.1) is 29.5 Å². The average molecular weight is 370 g/mol. The van der Waals surface area contributed by atoms with Crippen molar-refractivity contribution in [1.82, 2.24) is 9.80 Å². The van der Waals surface area contributed by atoms with Gasteiger partial charge in [0.15, 0.2) is 0 Å². The minimum atomic E-state index is -0.343. The van der Waals surface area contributed by atoms with Crippen LogP contribution in [0.3, 0.4) is 0 Å². The van der Waals surface area contributed by atoms with Crippen molar-refractivity contribution in [3.8, 4) is 0 Å². The molecule has 0 aromatic heterocycles. The van der Waals surface area contributed by atoms with E-state index in [0.29, 0.717) is 35.5 Å². The van der Waals surface area contributed by atoms with Gasteiger partial charge in [-0.3, -0.25) is 9.59 Å². The molecule has 4 fully saturated rings. The summed E-state index contributed by atoms with van der Waals surface area (Å²) in [5, 5.41) is 0. The Bertz CT molecular complexity index is 841. The molecule has 1 aromatic carbocycles. The first-order chi connectivity index (χ1) is 12.7. The van der Waals surface area contributed by atoms with Crippen molar-refractivity contribution in [2.24, 2.45) is 16.7 Å². The van der Waals surface area contributed by atoms with Crippen LogP contribution in [-0.2, 0) is 4.79 Å². The van der Waals surface area contributed by atoms with Crippen LogP contribution < -0.4 is 0 Å². The van der Waals surface area contributed by atoms with Gasteiger partial charge in [0.25, 0.3) is 5.91 Å². The third-order valence-electron chi connectivity index (χ3n) is 7.43. The van der Waals surface area contributed by atoms with Crippen molar-refractivity contribution in [1.29, 1.82) is 0 Å². The molecule has 2 heterocycles. The fraction of sp³-hybridized carbons (Fsp3) is 0.636. The highest BCUT2D eigenvalue weighted by Crippen LogP contribution is 2.72. The van der Waals surface area contributed by atoms with Gasteiger partial charge in [0, 0.05) is 24.6 Å². The number of benzene rings is 1. The van der Waals surface area contributed by atoms with Crippen molar-refractivity contribution in [2.45, 2.75) is 58.5 Å². The summed E-state index contributed by atoms with van der Waals surface area (Å²) in [5.74, 6) is 0.0752. The lowest BCUT2D eigenvalue weighted by atomic mass is 9.61. The molecule has 2 aliphatic carbocycles. The predicted octanol–water partition coefficient (Wildman–Crippen LogP) is 3.39. The van der Waals surface area contributed by atoms with E-state index in [9.17, 15) is 14.0 Å². The smallest absolute Gasteiger partial charge is 0.254 e. The van der Waals surface area contributed by atoms with Gasteiger partial charge in [-0.05, 0) is 61.1 Å². The second-order valence-corrected chi connectivity index (χ2v) is 10.0. The Morgan fingerprint density at radius 3 is 2.41 bits per heavy atom. The number of hydrogen-bond acceptors (Lipinski definition) is 2. The maximum Gasteiger partial charge on any atom is 0.254 e. The van der Waals surface area contributed by atoms with Gasteiger partial charge in [0.05, 0.1) is 12.1 Å². The molecule has 4 aliphatic rings. The quantitative estimate of drug-likeness (QED) is 0.801. The molecule has 5 rings (SSSR count). The second kappa shape index (κ2) is 5.33. The maximum absolute atomic E-state index is 13.8. The summed E-state index contributed by atoms with van der Waals surface area (Å²) in [6.45, 7) is 7.44. The molecule has 2 saturated carbocycles. The molecule has 0 N–H and O–H groups in total. The normalized spacial score (nSPS) is 31.9. The summed E-state index contributed by atoms with van der Waals surface area (Å²) in [6.07, 6.45) is 4.24. The van der Waals surface area contributed by atoms with Gasteiger partial charge in [-0.2, -0.15) is 0 Å². The van der Waals surface area contributed by atoms with Crippen LogP contribution in [0.25, 0.3) is 0 Å². The first-order valence-corrected chi connectivity index (χ1v) is 10.1. The van der Waals surface area contributed by atoms with E-state index in [0.717, 1.165) is 12.8 Å². The number of halogens is 1. The van der Waals surface area contributed by atoms with Gasteiger partial charge in [-0.1, -0.05) is 19.9 Å². The maximum atomic E-state index is 13.8. The molecule has 1 spiro atoms. The Kier molecular flexibility index (Phi) is 3.40. The Morgan fingerprint density at radius 2 is 1.78 bits per heavy atom. The van der Waals surface area contributed by atoms with E-state index in [1.54, 1.807) is 19.1 Å². The number of carbonyl (C=O) groups excluding carboxylic acids is 2. The molecule has 0 radical (unpaired) electrons. The average Bonchev–Trinajstić information content (AvgIpc) is 2.98. The number of piperazine rings is 1. The van der Waals surface area contributed by atoms with Gasteiger partial charge < -0.3 is 9.80 Å². The highest BCUT2D eigenvalue weighted by atomic mass is 19.1. The minimum absolute atomic E-state index is 0.0710. The summed E-state index contributed by atoms with van der Waals surface area (Å²) >= 11 is 0. The molecule has 3 atom stereocenters. The molecule has 1 unspecified atom stereocenters. The van der Waals surface area contributed by atoms with Gasteiger partial charge in [-0.15, -0.1) is 0 Å². The van der Waals surface area contributed by atoms with Gasteiger partial charge in [0.2, 0.25) is 5.91 Å². The lowest BCUT2D eigenvalue weighted by molar-refractivity contribution is -0.137. The van der Waals surface area contributed by atoms with E-state index >= 15 is 0 Å². The highest BCUT2D eigenvalue weighted by Gasteiger charge is 2.68. The number of hydrogen-bond donors (Lipinski definition) is 0. The molecule has 1 aromatic rings. The first-order valence-electron chi connectivity index (χ1n) is 10.1. The summed E-state index contributed by atoms with van der Waals surface area (Å²) < 4.78 is 13.8. The van der Waals surface area contributed by atoms with Crippen LogP contribution in [0.4, 0.5) is 4.39 Å². The summed E-state index contributed by atoms with van der Waals surface area (Å²) in [4.78, 5) is 29.8. The number of nitrogens with zero attached hydrogens (tertiary/aromatic N) is 2. The van der Waals surface area contributed by atoms with Gasteiger partial charge in [0.1, 0.15) is 5.82 Å². The Labute approximate surface area is 159 Å². The lowest BCUT2D eigenvalue weighted by Gasteiger charge is -2.45. The molecule has 144 valence electrons. The molecule has 2 aliphatic heterocycles. The van der Waals surface area contributed by atoms with Crippen LogP contribution in [0.5, 0.6) is 0 Å². The summed E-state index contributed by atoms with van der Waals surface area (Å²) in [5.41, 5.74) is 1.53. The van der Waals surface area contributed by atoms with Crippen LogP contribution >= 0.6 is 0 Å². The molecule has 2 bridgehead atoms. The largest absolute Gasteiger partial charge is 0.336 e. The van der Waals surface area contributed by atoms with E-state index in [-0.39, 0.29) is 35.1 Å².